The van der Waals surface area contributed by atoms with E-state index in [1.54, 1.807) is 0 Å². The van der Waals surface area contributed by atoms with E-state index in [-0.39, 0.29) is 6.61 Å². The van der Waals surface area contributed by atoms with Crippen molar-refractivity contribution in [3.63, 3.8) is 0 Å². The molecule has 0 spiro atoms. The first-order valence-electron chi connectivity index (χ1n) is 3.65. The first kappa shape index (κ1) is 9.22. The second-order valence-electron chi connectivity index (χ2n) is 2.48. The molecule has 0 aliphatic rings. The number of halogens is 1. The van der Waals surface area contributed by atoms with Crippen LogP contribution in [0.2, 0.25) is 0 Å². The van der Waals surface area contributed by atoms with Crippen molar-refractivity contribution in [2.24, 2.45) is 0 Å². The molecule has 0 heterocycles. The lowest BCUT2D eigenvalue weighted by Crippen LogP contribution is -1.90. The second-order valence-corrected chi connectivity index (χ2v) is 4.43. The molecule has 1 rings (SSSR count). The highest BCUT2D eigenvalue weighted by Crippen LogP contribution is 2.12. The number of rotatable bonds is 2. The maximum atomic E-state index is 8.89. The number of aliphatic hydroxyl groups is 1. The fourth-order valence-electron chi connectivity index (χ4n) is 1.01. The Hall–Kier alpha value is 0.127. The Morgan fingerprint density at radius 2 is 1.91 bits per heavy atom. The van der Waals surface area contributed by atoms with Crippen LogP contribution in [0.4, 0.5) is 0 Å². The summed E-state index contributed by atoms with van der Waals surface area (Å²) in [5, 5.41) is 8.89. The van der Waals surface area contributed by atoms with Crippen LogP contribution in [0, 0.1) is 3.57 Å². The van der Waals surface area contributed by atoms with Crippen molar-refractivity contribution in [1.82, 2.24) is 0 Å². The summed E-state index contributed by atoms with van der Waals surface area (Å²) in [6.45, 7) is 0.158. The summed E-state index contributed by atoms with van der Waals surface area (Å²) in [6.07, 6.45) is 0. The molecule has 60 valence electrons. The van der Waals surface area contributed by atoms with Crippen molar-refractivity contribution in [2.45, 2.75) is 12.7 Å². The highest BCUT2D eigenvalue weighted by molar-refractivity contribution is 14.1. The van der Waals surface area contributed by atoms with Crippen LogP contribution in [0.5, 0.6) is 0 Å². The summed E-state index contributed by atoms with van der Waals surface area (Å²) in [5.74, 6) is 0. The van der Waals surface area contributed by atoms with Gasteiger partial charge in [-0.2, -0.15) is 0 Å². The zero-order valence-electron chi connectivity index (χ0n) is 6.47. The molecule has 0 radical (unpaired) electrons. The van der Waals surface area contributed by atoms with Crippen LogP contribution >= 0.6 is 22.6 Å². The molecule has 3 heteroatoms. The molecule has 1 aromatic carbocycles. The van der Waals surface area contributed by atoms with Crippen molar-refractivity contribution >= 4 is 32.8 Å². The maximum absolute atomic E-state index is 8.89. The van der Waals surface area contributed by atoms with Crippen molar-refractivity contribution in [2.75, 3.05) is 0 Å². The summed E-state index contributed by atoms with van der Waals surface area (Å²) in [7, 11) is 1.19. The minimum absolute atomic E-state index is 0.158. The van der Waals surface area contributed by atoms with Gasteiger partial charge < -0.3 is 5.11 Å². The molecule has 0 saturated carbocycles. The molecule has 1 N–H and O–H groups in total. The largest absolute Gasteiger partial charge is 0.392 e. The number of hydrogen-bond donors (Lipinski definition) is 1. The van der Waals surface area contributed by atoms with Gasteiger partial charge in [0.2, 0.25) is 0 Å². The molecule has 0 unspecified atom stereocenters. The molecule has 11 heavy (non-hydrogen) atoms. The van der Waals surface area contributed by atoms with Gasteiger partial charge in [0.1, 0.15) is 0 Å². The highest BCUT2D eigenvalue weighted by Gasteiger charge is 1.95. The van der Waals surface area contributed by atoms with E-state index in [1.807, 2.05) is 6.07 Å². The van der Waals surface area contributed by atoms with Crippen LogP contribution in [-0.4, -0.2) is 15.3 Å². The number of aliphatic hydroxyl groups excluding tert-OH is 1. The molecule has 0 aliphatic heterocycles. The van der Waals surface area contributed by atoms with Crippen LogP contribution < -0.4 is 0 Å². The Morgan fingerprint density at radius 3 is 2.45 bits per heavy atom. The molecule has 1 nitrogen and oxygen atoms in total. The molecular formula is C8H11IOSi. The average Bonchev–Trinajstić information content (AvgIpc) is 2.03. The molecule has 0 fully saturated rings. The van der Waals surface area contributed by atoms with E-state index in [2.05, 4.69) is 34.7 Å². The van der Waals surface area contributed by atoms with E-state index < -0.39 is 0 Å². The van der Waals surface area contributed by atoms with Crippen LogP contribution in [0.25, 0.3) is 0 Å². The summed E-state index contributed by atoms with van der Waals surface area (Å²) in [6, 6.07) is 7.44. The van der Waals surface area contributed by atoms with Crippen molar-refractivity contribution in [3.05, 3.63) is 32.9 Å². The van der Waals surface area contributed by atoms with E-state index in [0.29, 0.717) is 0 Å². The normalized spacial score (nSPS) is 10.4. The van der Waals surface area contributed by atoms with Gasteiger partial charge in [-0.25, -0.2) is 0 Å². The van der Waals surface area contributed by atoms with Crippen molar-refractivity contribution in [1.29, 1.82) is 0 Å². The Bertz CT molecular complexity index is 228. The molecule has 0 atom stereocenters. The van der Waals surface area contributed by atoms with Crippen LogP contribution in [0.3, 0.4) is 0 Å². The first-order chi connectivity index (χ1) is 5.26. The van der Waals surface area contributed by atoms with E-state index in [4.69, 9.17) is 5.11 Å². The van der Waals surface area contributed by atoms with E-state index in [0.717, 1.165) is 5.56 Å². The summed E-state index contributed by atoms with van der Waals surface area (Å²) < 4.78 is 1.22. The SMILES string of the molecule is OCc1cc(I)cc(C[SiH3])c1. The fraction of sp³-hybridized carbons (Fsp3) is 0.250. The number of benzene rings is 1. The van der Waals surface area contributed by atoms with Gasteiger partial charge >= 0.3 is 0 Å². The Balaban J connectivity index is 3.02. The van der Waals surface area contributed by atoms with Gasteiger partial charge in [-0.1, -0.05) is 11.6 Å². The predicted octanol–water partition coefficient (Wildman–Crippen LogP) is 0.649. The van der Waals surface area contributed by atoms with Gasteiger partial charge in [-0.15, -0.1) is 0 Å². The standard InChI is InChI=1S/C8H11IOSi/c9-8-2-6(4-10)1-7(3-8)5-11/h1-3,10H,4-5H2,11H3. The molecule has 0 amide bonds. The lowest BCUT2D eigenvalue weighted by molar-refractivity contribution is 0.281. The molecule has 0 saturated heterocycles. The van der Waals surface area contributed by atoms with Crippen LogP contribution in [0.1, 0.15) is 11.1 Å². The maximum Gasteiger partial charge on any atom is 0.0682 e. The van der Waals surface area contributed by atoms with Gasteiger partial charge in [-0.05, 0) is 46.3 Å². The monoisotopic (exact) mass is 278 g/mol. The lowest BCUT2D eigenvalue weighted by atomic mass is 10.1. The minimum Gasteiger partial charge on any atom is -0.392 e. The van der Waals surface area contributed by atoms with Crippen molar-refractivity contribution in [3.8, 4) is 0 Å². The lowest BCUT2D eigenvalue weighted by Gasteiger charge is -2.01. The molecule has 0 aliphatic carbocycles. The van der Waals surface area contributed by atoms with E-state index in [9.17, 15) is 0 Å². The quantitative estimate of drug-likeness (QED) is 0.622. The van der Waals surface area contributed by atoms with Gasteiger partial charge in [0.25, 0.3) is 0 Å². The minimum atomic E-state index is 0.158. The summed E-state index contributed by atoms with van der Waals surface area (Å²) in [5.41, 5.74) is 2.38. The summed E-state index contributed by atoms with van der Waals surface area (Å²) >= 11 is 2.28. The van der Waals surface area contributed by atoms with Gasteiger partial charge in [0.15, 0.2) is 0 Å². The molecule has 0 aromatic heterocycles. The molecule has 1 aromatic rings. The Morgan fingerprint density at radius 1 is 1.27 bits per heavy atom. The second kappa shape index (κ2) is 4.23. The zero-order chi connectivity index (χ0) is 8.27. The summed E-state index contributed by atoms with van der Waals surface area (Å²) in [4.78, 5) is 0. The highest BCUT2D eigenvalue weighted by atomic mass is 127. The average molecular weight is 278 g/mol. The van der Waals surface area contributed by atoms with Crippen LogP contribution in [0.15, 0.2) is 18.2 Å². The van der Waals surface area contributed by atoms with Gasteiger partial charge in [-0.3, -0.25) is 0 Å². The fourth-order valence-corrected chi connectivity index (χ4v) is 2.22. The van der Waals surface area contributed by atoms with Gasteiger partial charge in [0.05, 0.1) is 6.61 Å². The third-order valence-electron chi connectivity index (χ3n) is 1.61. The smallest absolute Gasteiger partial charge is 0.0682 e. The Kier molecular flexibility index (Phi) is 3.54. The zero-order valence-corrected chi connectivity index (χ0v) is 10.6. The van der Waals surface area contributed by atoms with Crippen LogP contribution in [-0.2, 0) is 12.7 Å². The first-order valence-corrected chi connectivity index (χ1v) is 6.14. The van der Waals surface area contributed by atoms with E-state index in [1.165, 1.54) is 25.4 Å². The van der Waals surface area contributed by atoms with Gasteiger partial charge in [0, 0.05) is 13.8 Å². The molecular weight excluding hydrogens is 267 g/mol. The van der Waals surface area contributed by atoms with E-state index >= 15 is 0 Å². The Labute approximate surface area is 83.4 Å². The molecule has 0 bridgehead atoms. The third-order valence-corrected chi connectivity index (χ3v) is 3.05. The van der Waals surface area contributed by atoms with Crippen molar-refractivity contribution < 1.29 is 5.11 Å². The topological polar surface area (TPSA) is 20.2 Å². The number of hydrogen-bond acceptors (Lipinski definition) is 1. The third kappa shape index (κ3) is 2.57. The predicted molar refractivity (Wildman–Crippen MR) is 58.7 cm³/mol.